The first-order valence-corrected chi connectivity index (χ1v) is 7.52. The van der Waals surface area contributed by atoms with Gasteiger partial charge in [0.15, 0.2) is 11.5 Å². The van der Waals surface area contributed by atoms with Crippen LogP contribution in [0.25, 0.3) is 10.9 Å². The van der Waals surface area contributed by atoms with Gasteiger partial charge in [0.1, 0.15) is 0 Å². The van der Waals surface area contributed by atoms with Gasteiger partial charge in [-0.3, -0.25) is 4.98 Å². The fraction of sp³-hybridized carbons (Fsp3) is 0.471. The van der Waals surface area contributed by atoms with Crippen molar-refractivity contribution in [3.05, 3.63) is 23.9 Å². The fourth-order valence-electron chi connectivity index (χ4n) is 2.29. The Kier molecular flexibility index (Phi) is 4.89. The normalized spacial score (nSPS) is 11.0. The number of benzene rings is 1. The number of aromatic nitrogens is 1. The number of nitrogens with zero attached hydrogens (tertiary/aromatic N) is 1. The van der Waals surface area contributed by atoms with Crippen LogP contribution < -0.4 is 14.8 Å². The van der Waals surface area contributed by atoms with Crippen molar-refractivity contribution in [1.82, 2.24) is 4.98 Å². The molecule has 0 saturated heterocycles. The van der Waals surface area contributed by atoms with Crippen molar-refractivity contribution in [1.29, 1.82) is 0 Å². The molecule has 0 fully saturated rings. The van der Waals surface area contributed by atoms with Gasteiger partial charge >= 0.3 is 0 Å². The third-order valence-corrected chi connectivity index (χ3v) is 3.35. The molecule has 0 radical (unpaired) electrons. The Hall–Kier alpha value is -1.97. The summed E-state index contributed by atoms with van der Waals surface area (Å²) in [7, 11) is 1.93. The summed E-state index contributed by atoms with van der Waals surface area (Å²) >= 11 is 0. The molecule has 0 bridgehead atoms. The molecule has 2 aromatic rings. The van der Waals surface area contributed by atoms with Crippen LogP contribution in [0.4, 0.5) is 5.69 Å². The quantitative estimate of drug-likeness (QED) is 0.865. The summed E-state index contributed by atoms with van der Waals surface area (Å²) in [5.41, 5.74) is 3.06. The summed E-state index contributed by atoms with van der Waals surface area (Å²) in [6.07, 6.45) is 0. The number of ether oxygens (including phenoxy) is 2. The standard InChI is InChI=1S/C17H24N2O2/c1-6-20-16-8-12-14(18-5)9-13(11(3)4)19-15(12)10-17(16)21-7-2/h8-11H,6-7H2,1-5H3,(H,18,19). The van der Waals surface area contributed by atoms with Gasteiger partial charge in [-0.2, -0.15) is 0 Å². The Bertz CT molecular complexity index is 624. The molecule has 1 heterocycles. The summed E-state index contributed by atoms with van der Waals surface area (Å²) in [4.78, 5) is 4.75. The molecule has 1 aromatic carbocycles. The predicted octanol–water partition coefficient (Wildman–Crippen LogP) is 4.20. The number of nitrogens with one attached hydrogen (secondary N) is 1. The van der Waals surface area contributed by atoms with Gasteiger partial charge < -0.3 is 14.8 Å². The summed E-state index contributed by atoms with van der Waals surface area (Å²) < 4.78 is 11.4. The molecule has 1 aromatic heterocycles. The van der Waals surface area contributed by atoms with Crippen LogP contribution in [-0.2, 0) is 0 Å². The first-order valence-electron chi connectivity index (χ1n) is 7.52. The van der Waals surface area contributed by atoms with Crippen LogP contribution in [0.2, 0.25) is 0 Å². The van der Waals surface area contributed by atoms with E-state index >= 15 is 0 Å². The first-order chi connectivity index (χ1) is 10.1. The highest BCUT2D eigenvalue weighted by atomic mass is 16.5. The van der Waals surface area contributed by atoms with E-state index in [4.69, 9.17) is 14.5 Å². The van der Waals surface area contributed by atoms with Crippen LogP contribution >= 0.6 is 0 Å². The van der Waals surface area contributed by atoms with E-state index in [2.05, 4.69) is 25.2 Å². The topological polar surface area (TPSA) is 43.4 Å². The number of anilines is 1. The molecule has 0 unspecified atom stereocenters. The average molecular weight is 288 g/mol. The summed E-state index contributed by atoms with van der Waals surface area (Å²) in [5, 5.41) is 4.30. The average Bonchev–Trinajstić information content (AvgIpc) is 2.47. The molecule has 1 N–H and O–H groups in total. The van der Waals surface area contributed by atoms with Gasteiger partial charge in [0.25, 0.3) is 0 Å². The van der Waals surface area contributed by atoms with Gasteiger partial charge in [-0.1, -0.05) is 13.8 Å². The molecule has 0 aliphatic rings. The lowest BCUT2D eigenvalue weighted by molar-refractivity contribution is 0.288. The third kappa shape index (κ3) is 3.20. The van der Waals surface area contributed by atoms with Crippen LogP contribution in [0.15, 0.2) is 18.2 Å². The van der Waals surface area contributed by atoms with Gasteiger partial charge in [0.05, 0.1) is 18.7 Å². The second-order valence-corrected chi connectivity index (χ2v) is 5.18. The van der Waals surface area contributed by atoms with Crippen LogP contribution in [0.1, 0.15) is 39.3 Å². The molecular formula is C17H24N2O2. The van der Waals surface area contributed by atoms with E-state index in [0.717, 1.165) is 33.8 Å². The number of hydrogen-bond acceptors (Lipinski definition) is 4. The number of hydrogen-bond donors (Lipinski definition) is 1. The minimum atomic E-state index is 0.378. The Morgan fingerprint density at radius 3 is 2.19 bits per heavy atom. The Morgan fingerprint density at radius 2 is 1.67 bits per heavy atom. The molecule has 4 heteroatoms. The molecule has 0 amide bonds. The number of rotatable bonds is 6. The molecule has 21 heavy (non-hydrogen) atoms. The molecule has 4 nitrogen and oxygen atoms in total. The van der Waals surface area contributed by atoms with Crippen LogP contribution in [0.3, 0.4) is 0 Å². The molecule has 114 valence electrons. The molecule has 0 aliphatic heterocycles. The number of pyridine rings is 1. The molecule has 2 rings (SSSR count). The van der Waals surface area contributed by atoms with Crippen molar-refractivity contribution in [2.24, 2.45) is 0 Å². The monoisotopic (exact) mass is 288 g/mol. The van der Waals surface area contributed by atoms with Crippen LogP contribution in [0.5, 0.6) is 11.5 Å². The van der Waals surface area contributed by atoms with E-state index in [1.165, 1.54) is 0 Å². The summed E-state index contributed by atoms with van der Waals surface area (Å²) in [5.74, 6) is 1.90. The van der Waals surface area contributed by atoms with Crippen molar-refractivity contribution in [3.63, 3.8) is 0 Å². The summed E-state index contributed by atoms with van der Waals surface area (Å²) in [6, 6.07) is 6.08. The van der Waals surface area contributed by atoms with E-state index in [-0.39, 0.29) is 0 Å². The molecule has 0 spiro atoms. The lowest BCUT2D eigenvalue weighted by Gasteiger charge is -2.15. The van der Waals surface area contributed by atoms with Gasteiger partial charge in [0, 0.05) is 29.9 Å². The molecule has 0 aliphatic carbocycles. The Labute approximate surface area is 126 Å². The maximum Gasteiger partial charge on any atom is 0.163 e. The summed E-state index contributed by atoms with van der Waals surface area (Å²) in [6.45, 7) is 9.44. The minimum Gasteiger partial charge on any atom is -0.490 e. The van der Waals surface area contributed by atoms with Crippen LogP contribution in [-0.4, -0.2) is 25.2 Å². The second-order valence-electron chi connectivity index (χ2n) is 5.18. The third-order valence-electron chi connectivity index (χ3n) is 3.35. The van der Waals surface area contributed by atoms with Gasteiger partial charge in [-0.05, 0) is 31.9 Å². The van der Waals surface area contributed by atoms with Gasteiger partial charge in [-0.25, -0.2) is 0 Å². The van der Waals surface area contributed by atoms with E-state index in [9.17, 15) is 0 Å². The zero-order valence-corrected chi connectivity index (χ0v) is 13.5. The SMILES string of the molecule is CCOc1cc2nc(C(C)C)cc(NC)c2cc1OCC. The molecular weight excluding hydrogens is 264 g/mol. The number of fused-ring (bicyclic) bond motifs is 1. The largest absolute Gasteiger partial charge is 0.490 e. The highest BCUT2D eigenvalue weighted by molar-refractivity contribution is 5.94. The van der Waals surface area contributed by atoms with Gasteiger partial charge in [-0.15, -0.1) is 0 Å². The predicted molar refractivity (Wildman–Crippen MR) is 87.7 cm³/mol. The van der Waals surface area contributed by atoms with Gasteiger partial charge in [0.2, 0.25) is 0 Å². The zero-order valence-electron chi connectivity index (χ0n) is 13.5. The minimum absolute atomic E-state index is 0.378. The Balaban J connectivity index is 2.67. The van der Waals surface area contributed by atoms with Crippen molar-refractivity contribution >= 4 is 16.6 Å². The fourth-order valence-corrected chi connectivity index (χ4v) is 2.29. The maximum atomic E-state index is 5.69. The van der Waals surface area contributed by atoms with E-state index in [1.807, 2.05) is 33.0 Å². The second kappa shape index (κ2) is 6.66. The van der Waals surface area contributed by atoms with Crippen molar-refractivity contribution in [3.8, 4) is 11.5 Å². The maximum absolute atomic E-state index is 5.69. The highest BCUT2D eigenvalue weighted by Gasteiger charge is 2.13. The van der Waals surface area contributed by atoms with Crippen LogP contribution in [0, 0.1) is 0 Å². The molecule has 0 saturated carbocycles. The smallest absolute Gasteiger partial charge is 0.163 e. The van der Waals surface area contributed by atoms with Crippen molar-refractivity contribution in [2.75, 3.05) is 25.6 Å². The first kappa shape index (κ1) is 15.4. The zero-order chi connectivity index (χ0) is 15.4. The molecule has 0 atom stereocenters. The Morgan fingerprint density at radius 1 is 1.05 bits per heavy atom. The lowest BCUT2D eigenvalue weighted by Crippen LogP contribution is -2.02. The highest BCUT2D eigenvalue weighted by Crippen LogP contribution is 2.36. The van der Waals surface area contributed by atoms with E-state index in [1.54, 1.807) is 0 Å². The lowest BCUT2D eigenvalue weighted by atomic mass is 10.1. The van der Waals surface area contributed by atoms with E-state index in [0.29, 0.717) is 19.1 Å². The van der Waals surface area contributed by atoms with E-state index < -0.39 is 0 Å². The van der Waals surface area contributed by atoms with Crippen molar-refractivity contribution in [2.45, 2.75) is 33.6 Å². The van der Waals surface area contributed by atoms with Crippen molar-refractivity contribution < 1.29 is 9.47 Å².